The van der Waals surface area contributed by atoms with Crippen LogP contribution >= 0.6 is 0 Å². The van der Waals surface area contributed by atoms with Crippen LogP contribution in [0.2, 0.25) is 0 Å². The van der Waals surface area contributed by atoms with Gasteiger partial charge in [-0.25, -0.2) is 14.3 Å². The Hall–Kier alpha value is -2.97. The fourth-order valence-corrected chi connectivity index (χ4v) is 1.69. The van der Waals surface area contributed by atoms with Crippen LogP contribution in [-0.4, -0.2) is 19.0 Å². The third-order valence-corrected chi connectivity index (χ3v) is 2.70. The van der Waals surface area contributed by atoms with Gasteiger partial charge >= 0.3 is 16.9 Å². The smallest absolute Gasteiger partial charge is 0.350 e. The van der Waals surface area contributed by atoms with Gasteiger partial charge in [0.1, 0.15) is 5.82 Å². The Balaban J connectivity index is 2.56. The van der Waals surface area contributed by atoms with E-state index in [1.54, 1.807) is 6.07 Å². The monoisotopic (exact) mass is 277 g/mol. The average molecular weight is 277 g/mol. The predicted molar refractivity (Wildman–Crippen MR) is 70.3 cm³/mol. The molecule has 2 aromatic rings. The van der Waals surface area contributed by atoms with Gasteiger partial charge in [0, 0.05) is 13.2 Å². The van der Waals surface area contributed by atoms with Crippen molar-refractivity contribution in [3.05, 3.63) is 61.0 Å². The summed E-state index contributed by atoms with van der Waals surface area (Å²) in [5, 5.41) is 10.8. The molecular formula is C11H11N5O4. The number of pyridine rings is 1. The van der Waals surface area contributed by atoms with Crippen molar-refractivity contribution in [1.29, 1.82) is 0 Å². The summed E-state index contributed by atoms with van der Waals surface area (Å²) in [5.74, 6) is 0.299. The number of nitro groups is 1. The van der Waals surface area contributed by atoms with E-state index in [9.17, 15) is 19.7 Å². The molecule has 9 nitrogen and oxygen atoms in total. The number of aryl methyl sites for hydroxylation is 1. The molecule has 0 aliphatic heterocycles. The fraction of sp³-hybridized carbons (Fsp3) is 0.182. The number of rotatable bonds is 3. The van der Waals surface area contributed by atoms with E-state index in [0.29, 0.717) is 11.4 Å². The van der Waals surface area contributed by atoms with E-state index in [-0.39, 0.29) is 6.54 Å². The van der Waals surface area contributed by atoms with Crippen LogP contribution in [0.5, 0.6) is 0 Å². The number of hydrogen-bond acceptors (Lipinski definition) is 6. The fourth-order valence-electron chi connectivity index (χ4n) is 1.69. The van der Waals surface area contributed by atoms with Crippen LogP contribution in [0.4, 0.5) is 11.5 Å². The van der Waals surface area contributed by atoms with E-state index in [2.05, 4.69) is 4.98 Å². The van der Waals surface area contributed by atoms with Crippen molar-refractivity contribution in [2.45, 2.75) is 6.54 Å². The lowest BCUT2D eigenvalue weighted by Gasteiger charge is -2.07. The van der Waals surface area contributed by atoms with Gasteiger partial charge in [-0.15, -0.1) is 0 Å². The molecule has 104 valence electrons. The Kier molecular flexibility index (Phi) is 3.34. The van der Waals surface area contributed by atoms with Crippen molar-refractivity contribution in [2.75, 3.05) is 5.73 Å². The minimum atomic E-state index is -0.949. The van der Waals surface area contributed by atoms with Crippen molar-refractivity contribution >= 4 is 11.5 Å². The molecule has 20 heavy (non-hydrogen) atoms. The van der Waals surface area contributed by atoms with Crippen LogP contribution in [0, 0.1) is 10.1 Å². The summed E-state index contributed by atoms with van der Waals surface area (Å²) >= 11 is 0. The largest absolute Gasteiger partial charge is 0.384 e. The van der Waals surface area contributed by atoms with Gasteiger partial charge in [-0.3, -0.25) is 19.5 Å². The van der Waals surface area contributed by atoms with E-state index >= 15 is 0 Å². The van der Waals surface area contributed by atoms with Gasteiger partial charge in [0.2, 0.25) is 0 Å². The van der Waals surface area contributed by atoms with Gasteiger partial charge in [0.25, 0.3) is 0 Å². The first kappa shape index (κ1) is 13.5. The first-order chi connectivity index (χ1) is 9.40. The molecular weight excluding hydrogens is 266 g/mol. The van der Waals surface area contributed by atoms with Gasteiger partial charge in [0.15, 0.2) is 0 Å². The van der Waals surface area contributed by atoms with Crippen molar-refractivity contribution in [3.8, 4) is 0 Å². The molecule has 0 atom stereocenters. The molecule has 0 radical (unpaired) electrons. The number of hydrogen-bond donors (Lipinski definition) is 1. The highest BCUT2D eigenvalue weighted by molar-refractivity contribution is 5.29. The molecule has 0 fully saturated rings. The Morgan fingerprint density at radius 1 is 1.40 bits per heavy atom. The maximum Gasteiger partial charge on any atom is 0.350 e. The van der Waals surface area contributed by atoms with E-state index in [1.165, 1.54) is 19.3 Å². The molecule has 2 aromatic heterocycles. The Morgan fingerprint density at radius 2 is 2.10 bits per heavy atom. The summed E-state index contributed by atoms with van der Waals surface area (Å²) in [6.07, 6.45) is 2.31. The summed E-state index contributed by atoms with van der Waals surface area (Å²) in [7, 11) is 1.34. The van der Waals surface area contributed by atoms with Gasteiger partial charge in [-0.1, -0.05) is 6.07 Å². The molecule has 2 N–H and O–H groups in total. The quantitative estimate of drug-likeness (QED) is 0.594. The molecule has 0 saturated carbocycles. The van der Waals surface area contributed by atoms with Gasteiger partial charge in [-0.2, -0.15) is 0 Å². The van der Waals surface area contributed by atoms with E-state index in [1.807, 2.05) is 0 Å². The van der Waals surface area contributed by atoms with Gasteiger partial charge in [0.05, 0.1) is 17.7 Å². The molecule has 9 heteroatoms. The molecule has 0 unspecified atom stereocenters. The number of aromatic nitrogens is 3. The molecule has 0 aliphatic carbocycles. The first-order valence-corrected chi connectivity index (χ1v) is 5.55. The standard InChI is InChI=1S/C11H11N5O4/c1-14-6-8(16(19)20)10(17)15(11(14)18)5-7-2-3-9(12)13-4-7/h2-4,6H,5H2,1H3,(H2,12,13). The van der Waals surface area contributed by atoms with Crippen molar-refractivity contribution in [2.24, 2.45) is 7.05 Å². The lowest BCUT2D eigenvalue weighted by atomic mass is 10.3. The van der Waals surface area contributed by atoms with Crippen LogP contribution in [0.3, 0.4) is 0 Å². The Bertz CT molecular complexity index is 775. The topological polar surface area (TPSA) is 126 Å². The lowest BCUT2D eigenvalue weighted by Crippen LogP contribution is -2.39. The lowest BCUT2D eigenvalue weighted by molar-refractivity contribution is -0.387. The Morgan fingerprint density at radius 3 is 2.65 bits per heavy atom. The molecule has 0 spiro atoms. The second-order valence-electron chi connectivity index (χ2n) is 4.15. The third-order valence-electron chi connectivity index (χ3n) is 2.70. The SMILES string of the molecule is Cn1cc([N+](=O)[O-])c(=O)n(Cc2ccc(N)nc2)c1=O. The summed E-state index contributed by atoms with van der Waals surface area (Å²) in [5.41, 5.74) is 3.73. The zero-order valence-corrected chi connectivity index (χ0v) is 10.5. The number of nitrogen functional groups attached to an aromatic ring is 1. The maximum atomic E-state index is 11.9. The van der Waals surface area contributed by atoms with Gasteiger partial charge < -0.3 is 5.73 Å². The van der Waals surface area contributed by atoms with Crippen LogP contribution in [0.15, 0.2) is 34.1 Å². The number of nitrogens with zero attached hydrogens (tertiary/aromatic N) is 4. The maximum absolute atomic E-state index is 11.9. The zero-order valence-electron chi connectivity index (χ0n) is 10.5. The van der Waals surface area contributed by atoms with Crippen LogP contribution in [-0.2, 0) is 13.6 Å². The predicted octanol–water partition coefficient (Wildman–Crippen LogP) is -0.519. The van der Waals surface area contributed by atoms with E-state index < -0.39 is 21.9 Å². The second-order valence-corrected chi connectivity index (χ2v) is 4.15. The Labute approximate surface area is 112 Å². The van der Waals surface area contributed by atoms with Crippen LogP contribution < -0.4 is 17.0 Å². The summed E-state index contributed by atoms with van der Waals surface area (Å²) in [6.45, 7) is -0.111. The van der Waals surface area contributed by atoms with Gasteiger partial charge in [-0.05, 0) is 11.6 Å². The normalized spacial score (nSPS) is 10.4. The summed E-state index contributed by atoms with van der Waals surface area (Å²) in [4.78, 5) is 37.6. The molecule has 2 heterocycles. The minimum Gasteiger partial charge on any atom is -0.384 e. The number of nitrogens with two attached hydrogens (primary N) is 1. The second kappa shape index (κ2) is 4.96. The highest BCUT2D eigenvalue weighted by Gasteiger charge is 2.18. The molecule has 0 aliphatic rings. The van der Waals surface area contributed by atoms with Crippen molar-refractivity contribution in [3.63, 3.8) is 0 Å². The highest BCUT2D eigenvalue weighted by atomic mass is 16.6. The first-order valence-electron chi connectivity index (χ1n) is 5.55. The summed E-state index contributed by atoms with van der Waals surface area (Å²) in [6, 6.07) is 3.11. The molecule has 0 aromatic carbocycles. The number of anilines is 1. The minimum absolute atomic E-state index is 0.111. The van der Waals surface area contributed by atoms with Crippen LogP contribution in [0.25, 0.3) is 0 Å². The average Bonchev–Trinajstić information content (AvgIpc) is 2.40. The summed E-state index contributed by atoms with van der Waals surface area (Å²) < 4.78 is 1.77. The molecule has 0 saturated heterocycles. The molecule has 2 rings (SSSR count). The van der Waals surface area contributed by atoms with E-state index in [0.717, 1.165) is 15.3 Å². The van der Waals surface area contributed by atoms with Crippen molar-refractivity contribution < 1.29 is 4.92 Å². The molecule has 0 bridgehead atoms. The third kappa shape index (κ3) is 2.41. The van der Waals surface area contributed by atoms with Crippen LogP contribution in [0.1, 0.15) is 5.56 Å². The van der Waals surface area contributed by atoms with Crippen molar-refractivity contribution in [1.82, 2.24) is 14.1 Å². The highest BCUT2D eigenvalue weighted by Crippen LogP contribution is 2.04. The van der Waals surface area contributed by atoms with E-state index in [4.69, 9.17) is 5.73 Å². The zero-order chi connectivity index (χ0) is 14.9. The molecule has 0 amide bonds.